The van der Waals surface area contributed by atoms with Gasteiger partial charge in [0.1, 0.15) is 6.29 Å². The van der Waals surface area contributed by atoms with Gasteiger partial charge in [0.25, 0.3) is 0 Å². The van der Waals surface area contributed by atoms with Crippen LogP contribution in [0.3, 0.4) is 0 Å². The van der Waals surface area contributed by atoms with Crippen LogP contribution in [-0.2, 0) is 9.59 Å². The zero-order valence-corrected chi connectivity index (χ0v) is 6.13. The van der Waals surface area contributed by atoms with Gasteiger partial charge in [0.15, 0.2) is 5.78 Å². The number of rotatable bonds is 3. The molecule has 0 heterocycles. The van der Waals surface area contributed by atoms with Crippen LogP contribution in [0.15, 0.2) is 23.8 Å². The number of carbonyl (C=O) groups excluding carboxylic acids is 2. The van der Waals surface area contributed by atoms with E-state index in [1.54, 1.807) is 19.1 Å². The maximum Gasteiger partial charge on any atom is 0.152 e. The third-order valence-electron chi connectivity index (χ3n) is 0.876. The first-order valence-electron chi connectivity index (χ1n) is 2.97. The minimum absolute atomic E-state index is 0.0186. The van der Waals surface area contributed by atoms with E-state index in [1.807, 2.05) is 0 Å². The second-order valence-corrected chi connectivity index (χ2v) is 2.00. The van der Waals surface area contributed by atoms with Crippen molar-refractivity contribution in [3.8, 4) is 0 Å². The van der Waals surface area contributed by atoms with E-state index in [-0.39, 0.29) is 5.78 Å². The fraction of sp³-hybridized carbons (Fsp3) is 0.250. The van der Waals surface area contributed by atoms with Crippen molar-refractivity contribution in [2.75, 3.05) is 0 Å². The molecule has 0 aromatic rings. The second kappa shape index (κ2) is 4.68. The molecule has 0 saturated heterocycles. The van der Waals surface area contributed by atoms with Gasteiger partial charge in [-0.3, -0.25) is 9.59 Å². The fourth-order valence-corrected chi connectivity index (χ4v) is 0.375. The summed E-state index contributed by atoms with van der Waals surface area (Å²) in [5.74, 6) is -0.0186. The van der Waals surface area contributed by atoms with Gasteiger partial charge in [0, 0.05) is 0 Å². The number of aldehydes is 1. The fourth-order valence-electron chi connectivity index (χ4n) is 0.375. The average Bonchev–Trinajstić information content (AvgIpc) is 1.87. The van der Waals surface area contributed by atoms with E-state index < -0.39 is 0 Å². The molecule has 10 heavy (non-hydrogen) atoms. The maximum absolute atomic E-state index is 10.3. The van der Waals surface area contributed by atoms with E-state index in [0.29, 0.717) is 5.57 Å². The van der Waals surface area contributed by atoms with Crippen LogP contribution in [0.4, 0.5) is 0 Å². The molecule has 0 aromatic heterocycles. The average molecular weight is 138 g/mol. The summed E-state index contributed by atoms with van der Waals surface area (Å²) in [4.78, 5) is 20.3. The molecule has 2 nitrogen and oxygen atoms in total. The number of hydrogen-bond acceptors (Lipinski definition) is 2. The maximum atomic E-state index is 10.3. The van der Waals surface area contributed by atoms with E-state index >= 15 is 0 Å². The van der Waals surface area contributed by atoms with Crippen LogP contribution in [0, 0.1) is 0 Å². The Labute approximate surface area is 60.2 Å². The van der Waals surface area contributed by atoms with E-state index in [4.69, 9.17) is 0 Å². The lowest BCUT2D eigenvalue weighted by Crippen LogP contribution is -1.79. The van der Waals surface area contributed by atoms with Crippen LogP contribution in [-0.4, -0.2) is 12.1 Å². The molecule has 0 saturated carbocycles. The third-order valence-corrected chi connectivity index (χ3v) is 0.876. The first kappa shape index (κ1) is 8.82. The highest BCUT2D eigenvalue weighted by Crippen LogP contribution is 1.86. The molecule has 0 N–H and O–H groups in total. The van der Waals surface area contributed by atoms with Crippen LogP contribution in [0.5, 0.6) is 0 Å². The molecule has 0 bridgehead atoms. The number of allylic oxidation sites excluding steroid dienone is 4. The zero-order chi connectivity index (χ0) is 7.98. The van der Waals surface area contributed by atoms with Crippen molar-refractivity contribution >= 4 is 12.1 Å². The van der Waals surface area contributed by atoms with Crippen molar-refractivity contribution in [3.63, 3.8) is 0 Å². The molecule has 0 spiro atoms. The monoisotopic (exact) mass is 138 g/mol. The Morgan fingerprint density at radius 2 is 1.90 bits per heavy atom. The summed E-state index contributed by atoms with van der Waals surface area (Å²) in [6.45, 7) is 3.14. The number of hydrogen-bond donors (Lipinski definition) is 0. The Kier molecular flexibility index (Phi) is 4.12. The molecule has 0 radical (unpaired) electrons. The highest BCUT2D eigenvalue weighted by atomic mass is 16.1. The highest BCUT2D eigenvalue weighted by molar-refractivity contribution is 5.87. The summed E-state index contributed by atoms with van der Waals surface area (Å²) in [5.41, 5.74) is 0.609. The van der Waals surface area contributed by atoms with Gasteiger partial charge in [-0.05, 0) is 25.5 Å². The van der Waals surface area contributed by atoms with E-state index in [1.165, 1.54) is 13.0 Å². The Morgan fingerprint density at radius 3 is 2.30 bits per heavy atom. The van der Waals surface area contributed by atoms with Gasteiger partial charge < -0.3 is 0 Å². The van der Waals surface area contributed by atoms with Gasteiger partial charge in [0.05, 0.1) is 0 Å². The molecule has 54 valence electrons. The Hall–Kier alpha value is -1.18. The largest absolute Gasteiger partial charge is 0.298 e. The topological polar surface area (TPSA) is 34.1 Å². The third kappa shape index (κ3) is 4.97. The van der Waals surface area contributed by atoms with Crippen molar-refractivity contribution < 1.29 is 9.59 Å². The summed E-state index contributed by atoms with van der Waals surface area (Å²) in [7, 11) is 0. The summed E-state index contributed by atoms with van der Waals surface area (Å²) in [6.07, 6.45) is 5.30. The molecule has 0 unspecified atom stereocenters. The first-order valence-corrected chi connectivity index (χ1v) is 2.97. The lowest BCUT2D eigenvalue weighted by molar-refractivity contribution is -0.112. The minimum atomic E-state index is -0.0186. The van der Waals surface area contributed by atoms with Crippen molar-refractivity contribution in [2.45, 2.75) is 13.8 Å². The van der Waals surface area contributed by atoms with Gasteiger partial charge >= 0.3 is 0 Å². The molecular formula is C8H10O2. The van der Waals surface area contributed by atoms with Crippen molar-refractivity contribution in [3.05, 3.63) is 23.8 Å². The van der Waals surface area contributed by atoms with E-state index in [9.17, 15) is 9.59 Å². The molecule has 0 amide bonds. The molecule has 0 aromatic carbocycles. The lowest BCUT2D eigenvalue weighted by atomic mass is 10.3. The first-order chi connectivity index (χ1) is 4.66. The van der Waals surface area contributed by atoms with Gasteiger partial charge in [-0.25, -0.2) is 0 Å². The highest BCUT2D eigenvalue weighted by Gasteiger charge is 1.80. The van der Waals surface area contributed by atoms with Crippen LogP contribution in [0.25, 0.3) is 0 Å². The zero-order valence-electron chi connectivity index (χ0n) is 6.13. The van der Waals surface area contributed by atoms with Crippen molar-refractivity contribution in [1.29, 1.82) is 0 Å². The van der Waals surface area contributed by atoms with Gasteiger partial charge in [-0.15, -0.1) is 0 Å². The Bertz CT molecular complexity index is 187. The predicted octanol–water partition coefficient (Wildman–Crippen LogP) is 1.28. The molecule has 0 fully saturated rings. The molecule has 0 rings (SSSR count). The van der Waals surface area contributed by atoms with Gasteiger partial charge in [0.2, 0.25) is 0 Å². The van der Waals surface area contributed by atoms with Gasteiger partial charge in [-0.1, -0.05) is 12.2 Å². The molecule has 0 aliphatic heterocycles. The lowest BCUT2D eigenvalue weighted by Gasteiger charge is -1.79. The smallest absolute Gasteiger partial charge is 0.152 e. The molecular weight excluding hydrogens is 128 g/mol. The van der Waals surface area contributed by atoms with Crippen molar-refractivity contribution in [2.24, 2.45) is 0 Å². The standard InChI is InChI=1S/C8H10O2/c1-7(6-9)4-3-5-8(2)10/h3-6H,1-2H3/b5-3+,7-4-. The minimum Gasteiger partial charge on any atom is -0.298 e. The summed E-state index contributed by atoms with van der Waals surface area (Å²) < 4.78 is 0. The number of ketones is 1. The SMILES string of the molecule is CC(=O)/C=C/C=C(/C)C=O. The van der Waals surface area contributed by atoms with E-state index in [0.717, 1.165) is 6.29 Å². The van der Waals surface area contributed by atoms with Crippen molar-refractivity contribution in [1.82, 2.24) is 0 Å². The Morgan fingerprint density at radius 1 is 1.30 bits per heavy atom. The number of carbonyl (C=O) groups is 2. The van der Waals surface area contributed by atoms with Crippen LogP contribution in [0.2, 0.25) is 0 Å². The van der Waals surface area contributed by atoms with Crippen LogP contribution >= 0.6 is 0 Å². The molecule has 0 atom stereocenters. The Balaban J connectivity index is 3.93. The molecule has 2 heteroatoms. The molecule has 0 aliphatic rings. The second-order valence-electron chi connectivity index (χ2n) is 2.00. The predicted molar refractivity (Wildman–Crippen MR) is 39.6 cm³/mol. The summed E-state index contributed by atoms with van der Waals surface area (Å²) >= 11 is 0. The molecule has 0 aliphatic carbocycles. The summed E-state index contributed by atoms with van der Waals surface area (Å²) in [5, 5.41) is 0. The van der Waals surface area contributed by atoms with E-state index in [2.05, 4.69) is 0 Å². The summed E-state index contributed by atoms with van der Waals surface area (Å²) in [6, 6.07) is 0. The van der Waals surface area contributed by atoms with Gasteiger partial charge in [-0.2, -0.15) is 0 Å². The normalized spacial score (nSPS) is 12.0. The quantitative estimate of drug-likeness (QED) is 0.334. The van der Waals surface area contributed by atoms with Crippen LogP contribution in [0.1, 0.15) is 13.8 Å². The van der Waals surface area contributed by atoms with Crippen LogP contribution < -0.4 is 0 Å².